The van der Waals surface area contributed by atoms with Gasteiger partial charge in [0.05, 0.1) is 16.8 Å². The van der Waals surface area contributed by atoms with Gasteiger partial charge < -0.3 is 9.73 Å². The number of carbonyl (C=O) groups excluding carboxylic acids is 1. The topological polar surface area (TPSA) is 55.1 Å². The zero-order valence-corrected chi connectivity index (χ0v) is 13.0. The van der Waals surface area contributed by atoms with Gasteiger partial charge in [-0.15, -0.1) is 0 Å². The summed E-state index contributed by atoms with van der Waals surface area (Å²) in [6.07, 6.45) is 2.59. The van der Waals surface area contributed by atoms with Gasteiger partial charge in [0.15, 0.2) is 5.13 Å². The Balaban J connectivity index is 1.64. The molecule has 0 radical (unpaired) electrons. The second-order valence-electron chi connectivity index (χ2n) is 4.93. The summed E-state index contributed by atoms with van der Waals surface area (Å²) >= 11 is 1.50. The monoisotopic (exact) mass is 312 g/mol. The van der Waals surface area contributed by atoms with Crippen molar-refractivity contribution in [3.63, 3.8) is 0 Å². The van der Waals surface area contributed by atoms with Gasteiger partial charge in [0.1, 0.15) is 5.76 Å². The van der Waals surface area contributed by atoms with Gasteiger partial charge in [-0.1, -0.05) is 41.7 Å². The van der Waals surface area contributed by atoms with E-state index >= 15 is 0 Å². The molecular formula is C17H16N2O2S. The van der Waals surface area contributed by atoms with Gasteiger partial charge in [0.25, 0.3) is 0 Å². The summed E-state index contributed by atoms with van der Waals surface area (Å²) in [5.41, 5.74) is 2.05. The van der Waals surface area contributed by atoms with E-state index in [-0.39, 0.29) is 5.91 Å². The van der Waals surface area contributed by atoms with Crippen molar-refractivity contribution in [3.8, 4) is 10.4 Å². The number of aryl methyl sites for hydroxylation is 2. The van der Waals surface area contributed by atoms with Gasteiger partial charge in [-0.3, -0.25) is 4.79 Å². The van der Waals surface area contributed by atoms with Crippen LogP contribution in [0.3, 0.4) is 0 Å². The fourth-order valence-corrected chi connectivity index (χ4v) is 3.17. The Morgan fingerprint density at radius 3 is 2.77 bits per heavy atom. The van der Waals surface area contributed by atoms with Crippen molar-refractivity contribution < 1.29 is 9.21 Å². The van der Waals surface area contributed by atoms with Crippen molar-refractivity contribution in [2.24, 2.45) is 0 Å². The van der Waals surface area contributed by atoms with E-state index in [0.29, 0.717) is 18.0 Å². The van der Waals surface area contributed by atoms with Crippen molar-refractivity contribution in [3.05, 3.63) is 60.2 Å². The first-order chi connectivity index (χ1) is 10.7. The third kappa shape index (κ3) is 3.43. The Morgan fingerprint density at radius 1 is 1.23 bits per heavy atom. The summed E-state index contributed by atoms with van der Waals surface area (Å²) < 4.78 is 5.22. The SMILES string of the molecule is Cc1nc(NC(=O)CCc2ccco2)sc1-c1ccccc1. The zero-order valence-electron chi connectivity index (χ0n) is 12.2. The van der Waals surface area contributed by atoms with E-state index in [1.54, 1.807) is 6.26 Å². The third-order valence-corrected chi connectivity index (χ3v) is 4.38. The number of furan rings is 1. The standard InChI is InChI=1S/C17H16N2O2S/c1-12-16(13-6-3-2-4-7-13)22-17(18-12)19-15(20)10-9-14-8-5-11-21-14/h2-8,11H,9-10H2,1H3,(H,18,19,20). The zero-order chi connectivity index (χ0) is 15.4. The molecule has 0 bridgehead atoms. The van der Waals surface area contributed by atoms with Crippen LogP contribution in [0.2, 0.25) is 0 Å². The summed E-state index contributed by atoms with van der Waals surface area (Å²) in [6, 6.07) is 13.8. The van der Waals surface area contributed by atoms with E-state index in [0.717, 1.165) is 21.9 Å². The number of carbonyl (C=O) groups is 1. The number of aromatic nitrogens is 1. The quantitative estimate of drug-likeness (QED) is 0.765. The lowest BCUT2D eigenvalue weighted by Crippen LogP contribution is -2.11. The summed E-state index contributed by atoms with van der Waals surface area (Å²) in [4.78, 5) is 17.5. The highest BCUT2D eigenvalue weighted by Gasteiger charge is 2.12. The fourth-order valence-electron chi connectivity index (χ4n) is 2.18. The number of amides is 1. The Labute approximate surface area is 132 Å². The van der Waals surface area contributed by atoms with Crippen LogP contribution in [0.4, 0.5) is 5.13 Å². The lowest BCUT2D eigenvalue weighted by Gasteiger charge is -2.00. The maximum absolute atomic E-state index is 12.0. The van der Waals surface area contributed by atoms with Crippen LogP contribution in [-0.2, 0) is 11.2 Å². The van der Waals surface area contributed by atoms with Crippen LogP contribution in [0.15, 0.2) is 53.1 Å². The minimum Gasteiger partial charge on any atom is -0.469 e. The lowest BCUT2D eigenvalue weighted by atomic mass is 10.2. The van der Waals surface area contributed by atoms with E-state index in [9.17, 15) is 4.79 Å². The first-order valence-electron chi connectivity index (χ1n) is 7.07. The van der Waals surface area contributed by atoms with Gasteiger partial charge in [0.2, 0.25) is 5.91 Å². The molecular weight excluding hydrogens is 296 g/mol. The number of thiazole rings is 1. The number of hydrogen-bond acceptors (Lipinski definition) is 4. The van der Waals surface area contributed by atoms with Gasteiger partial charge in [0, 0.05) is 12.8 Å². The van der Waals surface area contributed by atoms with Crippen LogP contribution in [0.1, 0.15) is 17.9 Å². The molecule has 0 saturated carbocycles. The molecule has 22 heavy (non-hydrogen) atoms. The molecule has 0 saturated heterocycles. The van der Waals surface area contributed by atoms with Crippen LogP contribution in [0, 0.1) is 6.92 Å². The predicted octanol–water partition coefficient (Wildman–Crippen LogP) is 4.28. The highest BCUT2D eigenvalue weighted by Crippen LogP contribution is 2.32. The first-order valence-corrected chi connectivity index (χ1v) is 7.89. The molecule has 1 amide bonds. The Kier molecular flexibility index (Phi) is 4.34. The van der Waals surface area contributed by atoms with E-state index in [4.69, 9.17) is 4.42 Å². The molecule has 112 valence electrons. The number of rotatable bonds is 5. The van der Waals surface area contributed by atoms with Gasteiger partial charge in [-0.25, -0.2) is 4.98 Å². The van der Waals surface area contributed by atoms with E-state index in [1.165, 1.54) is 11.3 Å². The Bertz CT molecular complexity index is 748. The maximum Gasteiger partial charge on any atom is 0.226 e. The lowest BCUT2D eigenvalue weighted by molar-refractivity contribution is -0.116. The highest BCUT2D eigenvalue weighted by atomic mass is 32.1. The number of benzene rings is 1. The van der Waals surface area contributed by atoms with Crippen LogP contribution in [-0.4, -0.2) is 10.9 Å². The molecule has 0 aliphatic rings. The van der Waals surface area contributed by atoms with Crippen LogP contribution in [0.5, 0.6) is 0 Å². The number of nitrogens with one attached hydrogen (secondary N) is 1. The smallest absolute Gasteiger partial charge is 0.226 e. The van der Waals surface area contributed by atoms with Crippen molar-refractivity contribution in [2.45, 2.75) is 19.8 Å². The molecule has 0 spiro atoms. The van der Waals surface area contributed by atoms with Gasteiger partial charge in [-0.2, -0.15) is 0 Å². The minimum atomic E-state index is -0.0511. The molecule has 2 heterocycles. The van der Waals surface area contributed by atoms with Crippen LogP contribution < -0.4 is 5.32 Å². The van der Waals surface area contributed by atoms with E-state index in [1.807, 2.05) is 49.4 Å². The largest absolute Gasteiger partial charge is 0.469 e. The highest BCUT2D eigenvalue weighted by molar-refractivity contribution is 7.19. The molecule has 0 unspecified atom stereocenters. The number of nitrogens with zero attached hydrogens (tertiary/aromatic N) is 1. The Morgan fingerprint density at radius 2 is 2.05 bits per heavy atom. The maximum atomic E-state index is 12.0. The van der Waals surface area contributed by atoms with Gasteiger partial charge >= 0.3 is 0 Å². The van der Waals surface area contributed by atoms with E-state index in [2.05, 4.69) is 10.3 Å². The third-order valence-electron chi connectivity index (χ3n) is 3.26. The average molecular weight is 312 g/mol. The molecule has 1 N–H and O–H groups in total. The minimum absolute atomic E-state index is 0.0511. The predicted molar refractivity (Wildman–Crippen MR) is 87.9 cm³/mol. The fraction of sp³-hybridized carbons (Fsp3) is 0.176. The van der Waals surface area contributed by atoms with Crippen LogP contribution in [0.25, 0.3) is 10.4 Å². The molecule has 0 aliphatic carbocycles. The summed E-state index contributed by atoms with van der Waals surface area (Å²) in [6.45, 7) is 1.96. The normalized spacial score (nSPS) is 10.6. The van der Waals surface area contributed by atoms with E-state index < -0.39 is 0 Å². The summed E-state index contributed by atoms with van der Waals surface area (Å²) in [5, 5.41) is 3.50. The molecule has 2 aromatic heterocycles. The number of hydrogen-bond donors (Lipinski definition) is 1. The average Bonchev–Trinajstić information content (AvgIpc) is 3.16. The number of anilines is 1. The van der Waals surface area contributed by atoms with Gasteiger partial charge in [-0.05, 0) is 24.6 Å². The molecule has 3 aromatic rings. The Hall–Kier alpha value is -2.40. The summed E-state index contributed by atoms with van der Waals surface area (Å²) in [5.74, 6) is 0.764. The van der Waals surface area contributed by atoms with Crippen molar-refractivity contribution in [1.29, 1.82) is 0 Å². The molecule has 1 aromatic carbocycles. The molecule has 3 rings (SSSR count). The second-order valence-corrected chi connectivity index (χ2v) is 5.93. The van der Waals surface area contributed by atoms with Crippen LogP contribution >= 0.6 is 11.3 Å². The molecule has 4 nitrogen and oxygen atoms in total. The van der Waals surface area contributed by atoms with Crippen molar-refractivity contribution >= 4 is 22.4 Å². The second kappa shape index (κ2) is 6.58. The molecule has 0 aliphatic heterocycles. The van der Waals surface area contributed by atoms with Crippen molar-refractivity contribution in [1.82, 2.24) is 4.98 Å². The summed E-state index contributed by atoms with van der Waals surface area (Å²) in [7, 11) is 0. The molecule has 0 fully saturated rings. The molecule has 0 atom stereocenters. The first kappa shape index (κ1) is 14.5. The van der Waals surface area contributed by atoms with Crippen molar-refractivity contribution in [2.75, 3.05) is 5.32 Å². The molecule has 5 heteroatoms.